The second-order valence-electron chi connectivity index (χ2n) is 5.12. The van der Waals surface area contributed by atoms with Crippen molar-refractivity contribution in [1.82, 2.24) is 5.32 Å². The molecule has 0 aliphatic rings. The Labute approximate surface area is 114 Å². The summed E-state index contributed by atoms with van der Waals surface area (Å²) in [5, 5.41) is 6.65. The summed E-state index contributed by atoms with van der Waals surface area (Å²) in [7, 11) is 0. The summed E-state index contributed by atoms with van der Waals surface area (Å²) in [5.41, 5.74) is 1.73. The number of rotatable bonds is 5. The molecule has 1 aromatic carbocycles. The second-order valence-corrected chi connectivity index (χ2v) is 5.53. The van der Waals surface area contributed by atoms with Gasteiger partial charge in [-0.25, -0.2) is 0 Å². The Bertz CT molecular complexity index is 430. The Morgan fingerprint density at radius 3 is 2.67 bits per heavy atom. The molecule has 3 nitrogen and oxygen atoms in total. The number of aryl methyl sites for hydroxylation is 1. The lowest BCUT2D eigenvalue weighted by atomic mass is 10.0. The molecule has 0 saturated heterocycles. The summed E-state index contributed by atoms with van der Waals surface area (Å²) in [4.78, 5) is 11.8. The van der Waals surface area contributed by atoms with E-state index < -0.39 is 0 Å². The van der Waals surface area contributed by atoms with Crippen molar-refractivity contribution in [1.29, 1.82) is 0 Å². The third-order valence-electron chi connectivity index (χ3n) is 2.92. The molecule has 0 aliphatic carbocycles. The van der Waals surface area contributed by atoms with E-state index in [0.717, 1.165) is 17.7 Å². The molecule has 0 aliphatic heterocycles. The van der Waals surface area contributed by atoms with Crippen molar-refractivity contribution in [3.63, 3.8) is 0 Å². The standard InChI is InChI=1S/C14H21ClN2O/c1-5-14(3,4)17-13(18)9-16-12-8-10(2)6-7-11(12)15/h6-8,16H,5,9H2,1-4H3,(H,17,18). The normalized spacial score (nSPS) is 11.2. The molecular formula is C14H21ClN2O. The summed E-state index contributed by atoms with van der Waals surface area (Å²) in [6.07, 6.45) is 0.893. The third-order valence-corrected chi connectivity index (χ3v) is 3.25. The molecule has 0 fully saturated rings. The molecule has 18 heavy (non-hydrogen) atoms. The Hall–Kier alpha value is -1.22. The molecule has 0 radical (unpaired) electrons. The first kappa shape index (κ1) is 14.8. The van der Waals surface area contributed by atoms with E-state index in [9.17, 15) is 4.79 Å². The number of amides is 1. The molecule has 0 atom stereocenters. The van der Waals surface area contributed by atoms with Crippen LogP contribution in [0.2, 0.25) is 5.02 Å². The Balaban J connectivity index is 2.55. The Morgan fingerprint density at radius 2 is 2.06 bits per heavy atom. The molecule has 0 spiro atoms. The van der Waals surface area contributed by atoms with Crippen LogP contribution in [0.5, 0.6) is 0 Å². The average molecular weight is 269 g/mol. The fraction of sp³-hybridized carbons (Fsp3) is 0.500. The lowest BCUT2D eigenvalue weighted by molar-refractivity contribution is -0.121. The first-order valence-corrected chi connectivity index (χ1v) is 6.53. The zero-order chi connectivity index (χ0) is 13.8. The van der Waals surface area contributed by atoms with Gasteiger partial charge in [0.05, 0.1) is 17.3 Å². The summed E-state index contributed by atoms with van der Waals surface area (Å²) in [6, 6.07) is 5.70. The van der Waals surface area contributed by atoms with E-state index in [1.54, 1.807) is 0 Å². The van der Waals surface area contributed by atoms with Gasteiger partial charge in [0, 0.05) is 5.54 Å². The zero-order valence-corrected chi connectivity index (χ0v) is 12.2. The van der Waals surface area contributed by atoms with E-state index in [2.05, 4.69) is 10.6 Å². The van der Waals surface area contributed by atoms with E-state index in [1.807, 2.05) is 45.9 Å². The smallest absolute Gasteiger partial charge is 0.239 e. The fourth-order valence-electron chi connectivity index (χ4n) is 1.46. The van der Waals surface area contributed by atoms with Gasteiger partial charge in [0.2, 0.25) is 5.91 Å². The van der Waals surface area contributed by atoms with Gasteiger partial charge < -0.3 is 10.6 Å². The fourth-order valence-corrected chi connectivity index (χ4v) is 1.64. The summed E-state index contributed by atoms with van der Waals surface area (Å²) >= 11 is 6.05. The minimum atomic E-state index is -0.171. The molecule has 4 heteroatoms. The van der Waals surface area contributed by atoms with Gasteiger partial charge in [-0.2, -0.15) is 0 Å². The van der Waals surface area contributed by atoms with Crippen LogP contribution in [0, 0.1) is 6.92 Å². The van der Waals surface area contributed by atoms with Gasteiger partial charge in [0.1, 0.15) is 0 Å². The van der Waals surface area contributed by atoms with Crippen LogP contribution in [-0.2, 0) is 4.79 Å². The van der Waals surface area contributed by atoms with E-state index in [4.69, 9.17) is 11.6 Å². The highest BCUT2D eigenvalue weighted by molar-refractivity contribution is 6.33. The zero-order valence-electron chi connectivity index (χ0n) is 11.4. The van der Waals surface area contributed by atoms with Crippen LogP contribution in [0.25, 0.3) is 0 Å². The van der Waals surface area contributed by atoms with E-state index >= 15 is 0 Å². The summed E-state index contributed by atoms with van der Waals surface area (Å²) < 4.78 is 0. The van der Waals surface area contributed by atoms with Crippen molar-refractivity contribution in [2.45, 2.75) is 39.7 Å². The number of benzene rings is 1. The SMILES string of the molecule is CCC(C)(C)NC(=O)CNc1cc(C)ccc1Cl. The largest absolute Gasteiger partial charge is 0.375 e. The highest BCUT2D eigenvalue weighted by Crippen LogP contribution is 2.22. The van der Waals surface area contributed by atoms with Gasteiger partial charge in [-0.3, -0.25) is 4.79 Å². The minimum Gasteiger partial charge on any atom is -0.375 e. The van der Waals surface area contributed by atoms with E-state index in [1.165, 1.54) is 0 Å². The first-order chi connectivity index (χ1) is 8.34. The summed E-state index contributed by atoms with van der Waals surface area (Å²) in [5.74, 6) is -0.0283. The Morgan fingerprint density at radius 1 is 1.39 bits per heavy atom. The van der Waals surface area contributed by atoms with Crippen LogP contribution >= 0.6 is 11.6 Å². The number of carbonyl (C=O) groups is 1. The van der Waals surface area contributed by atoms with Crippen LogP contribution in [0.15, 0.2) is 18.2 Å². The van der Waals surface area contributed by atoms with Gasteiger partial charge in [0.25, 0.3) is 0 Å². The number of nitrogens with one attached hydrogen (secondary N) is 2. The van der Waals surface area contributed by atoms with Crippen LogP contribution in [0.3, 0.4) is 0 Å². The van der Waals surface area contributed by atoms with Gasteiger partial charge >= 0.3 is 0 Å². The van der Waals surface area contributed by atoms with Crippen LogP contribution in [-0.4, -0.2) is 18.0 Å². The van der Waals surface area contributed by atoms with Crippen molar-refractivity contribution < 1.29 is 4.79 Å². The van der Waals surface area contributed by atoms with Gasteiger partial charge in [-0.15, -0.1) is 0 Å². The quantitative estimate of drug-likeness (QED) is 0.860. The highest BCUT2D eigenvalue weighted by Gasteiger charge is 2.17. The van der Waals surface area contributed by atoms with Crippen LogP contribution < -0.4 is 10.6 Å². The lowest BCUT2D eigenvalue weighted by Gasteiger charge is -2.24. The highest BCUT2D eigenvalue weighted by atomic mass is 35.5. The van der Waals surface area contributed by atoms with Gasteiger partial charge in [-0.1, -0.05) is 24.6 Å². The minimum absolute atomic E-state index is 0.0283. The maximum Gasteiger partial charge on any atom is 0.239 e. The van der Waals surface area contributed by atoms with Gasteiger partial charge in [0.15, 0.2) is 0 Å². The topological polar surface area (TPSA) is 41.1 Å². The average Bonchev–Trinajstić information content (AvgIpc) is 2.30. The lowest BCUT2D eigenvalue weighted by Crippen LogP contribution is -2.45. The second kappa shape index (κ2) is 6.10. The van der Waals surface area contributed by atoms with Crippen molar-refractivity contribution in [2.75, 3.05) is 11.9 Å². The summed E-state index contributed by atoms with van der Waals surface area (Å²) in [6.45, 7) is 8.27. The molecule has 1 amide bonds. The van der Waals surface area contributed by atoms with Crippen molar-refractivity contribution in [3.8, 4) is 0 Å². The van der Waals surface area contributed by atoms with Crippen molar-refractivity contribution >= 4 is 23.2 Å². The molecule has 1 rings (SSSR count). The molecule has 0 saturated carbocycles. The van der Waals surface area contributed by atoms with Crippen LogP contribution in [0.1, 0.15) is 32.8 Å². The predicted octanol–water partition coefficient (Wildman–Crippen LogP) is 3.37. The number of carbonyl (C=O) groups excluding carboxylic acids is 1. The molecule has 0 aromatic heterocycles. The molecule has 0 heterocycles. The molecule has 1 aromatic rings. The number of halogens is 1. The number of hydrogen-bond donors (Lipinski definition) is 2. The maximum atomic E-state index is 11.8. The first-order valence-electron chi connectivity index (χ1n) is 6.15. The van der Waals surface area contributed by atoms with Crippen molar-refractivity contribution in [2.24, 2.45) is 0 Å². The van der Waals surface area contributed by atoms with E-state index in [0.29, 0.717) is 5.02 Å². The molecule has 2 N–H and O–H groups in total. The van der Waals surface area contributed by atoms with Crippen LogP contribution in [0.4, 0.5) is 5.69 Å². The molecule has 100 valence electrons. The molecular weight excluding hydrogens is 248 g/mol. The number of hydrogen-bond acceptors (Lipinski definition) is 2. The third kappa shape index (κ3) is 4.57. The van der Waals surface area contributed by atoms with Crippen molar-refractivity contribution in [3.05, 3.63) is 28.8 Å². The number of anilines is 1. The monoisotopic (exact) mass is 268 g/mol. The predicted molar refractivity (Wildman–Crippen MR) is 77.2 cm³/mol. The Kier molecular flexibility index (Phi) is 5.03. The maximum absolute atomic E-state index is 11.8. The van der Waals surface area contributed by atoms with Gasteiger partial charge in [-0.05, 0) is 44.9 Å². The molecule has 0 bridgehead atoms. The molecule has 0 unspecified atom stereocenters. The van der Waals surface area contributed by atoms with E-state index in [-0.39, 0.29) is 18.0 Å².